The van der Waals surface area contributed by atoms with Gasteiger partial charge in [-0.2, -0.15) is 0 Å². The Hall–Kier alpha value is -2.14. The summed E-state index contributed by atoms with van der Waals surface area (Å²) in [4.78, 5) is 18.0. The van der Waals surface area contributed by atoms with E-state index in [9.17, 15) is 4.79 Å². The molecule has 24 heavy (non-hydrogen) atoms. The van der Waals surface area contributed by atoms with E-state index in [0.29, 0.717) is 6.61 Å². The Morgan fingerprint density at radius 1 is 1.38 bits per heavy atom. The van der Waals surface area contributed by atoms with Gasteiger partial charge < -0.3 is 10.1 Å². The van der Waals surface area contributed by atoms with E-state index in [2.05, 4.69) is 11.4 Å². The van der Waals surface area contributed by atoms with E-state index in [1.54, 1.807) is 18.4 Å². The van der Waals surface area contributed by atoms with Crippen molar-refractivity contribution in [2.75, 3.05) is 13.7 Å². The number of aromatic nitrogens is 1. The van der Waals surface area contributed by atoms with Crippen LogP contribution in [0.25, 0.3) is 12.2 Å². The van der Waals surface area contributed by atoms with Crippen molar-refractivity contribution in [3.63, 3.8) is 0 Å². The van der Waals surface area contributed by atoms with Gasteiger partial charge in [-0.1, -0.05) is 18.2 Å². The van der Waals surface area contributed by atoms with Crippen molar-refractivity contribution >= 4 is 29.4 Å². The molecular formula is C19H22N2O2S. The van der Waals surface area contributed by atoms with Gasteiger partial charge in [0.05, 0.1) is 18.2 Å². The third-order valence-corrected chi connectivity index (χ3v) is 5.24. The van der Waals surface area contributed by atoms with Crippen LogP contribution in [0, 0.1) is 0 Å². The number of carbonyl (C=O) groups excluding carboxylic acids is 1. The molecular weight excluding hydrogens is 320 g/mol. The Bertz CT molecular complexity index is 734. The molecule has 0 saturated carbocycles. The van der Waals surface area contributed by atoms with E-state index < -0.39 is 0 Å². The van der Waals surface area contributed by atoms with E-state index in [4.69, 9.17) is 9.72 Å². The Balaban J connectivity index is 1.76. The van der Waals surface area contributed by atoms with E-state index in [1.165, 1.54) is 4.88 Å². The normalized spacial score (nSPS) is 16.8. The summed E-state index contributed by atoms with van der Waals surface area (Å²) in [6, 6.07) is 8.00. The molecule has 1 aromatic heterocycles. The molecule has 1 N–H and O–H groups in total. The largest absolute Gasteiger partial charge is 0.494 e. The molecule has 5 heteroatoms. The Morgan fingerprint density at radius 3 is 2.88 bits per heavy atom. The van der Waals surface area contributed by atoms with Crippen LogP contribution in [0.3, 0.4) is 0 Å². The number of carbonyl (C=O) groups is 1. The van der Waals surface area contributed by atoms with Gasteiger partial charge in [-0.3, -0.25) is 4.79 Å². The van der Waals surface area contributed by atoms with Gasteiger partial charge in [0.25, 0.3) is 0 Å². The third kappa shape index (κ3) is 3.67. The van der Waals surface area contributed by atoms with Gasteiger partial charge in [-0.15, -0.1) is 11.3 Å². The van der Waals surface area contributed by atoms with Crippen molar-refractivity contribution in [3.8, 4) is 5.75 Å². The molecule has 1 unspecified atom stereocenters. The second-order valence-electron chi connectivity index (χ2n) is 5.75. The lowest BCUT2D eigenvalue weighted by Crippen LogP contribution is -2.28. The number of nitrogens with one attached hydrogen (secondary N) is 1. The van der Waals surface area contributed by atoms with Gasteiger partial charge in [-0.25, -0.2) is 4.98 Å². The first-order chi connectivity index (χ1) is 11.7. The Kier molecular flexibility index (Phi) is 5.30. The van der Waals surface area contributed by atoms with Crippen molar-refractivity contribution in [2.24, 2.45) is 0 Å². The number of thiazole rings is 1. The minimum Gasteiger partial charge on any atom is -0.494 e. The smallest absolute Gasteiger partial charge is 0.228 e. The number of likely N-dealkylation sites (N-methyl/N-ethyl adjacent to an activating group) is 1. The molecule has 1 aromatic carbocycles. The molecule has 3 rings (SSSR count). The van der Waals surface area contributed by atoms with Crippen LogP contribution >= 0.6 is 11.3 Å². The quantitative estimate of drug-likeness (QED) is 0.897. The maximum Gasteiger partial charge on any atom is 0.228 e. The number of ether oxygens (including phenoxy) is 1. The van der Waals surface area contributed by atoms with Gasteiger partial charge >= 0.3 is 0 Å². The summed E-state index contributed by atoms with van der Waals surface area (Å²) < 4.78 is 5.45. The molecule has 1 aliphatic carbocycles. The molecule has 1 heterocycles. The SMILES string of the molecule is CCOc1ccc(/C=C/c2nc3c(s2)CCCC3C(=O)NC)cc1. The van der Waals surface area contributed by atoms with Crippen LogP contribution in [0.15, 0.2) is 24.3 Å². The predicted octanol–water partition coefficient (Wildman–Crippen LogP) is 3.88. The maximum atomic E-state index is 12.0. The van der Waals surface area contributed by atoms with Gasteiger partial charge in [0.1, 0.15) is 10.8 Å². The van der Waals surface area contributed by atoms with Crippen LogP contribution < -0.4 is 10.1 Å². The van der Waals surface area contributed by atoms with Crippen LogP contribution in [0.1, 0.15) is 46.8 Å². The van der Waals surface area contributed by atoms with Crippen LogP contribution in [0.2, 0.25) is 0 Å². The van der Waals surface area contributed by atoms with Crippen molar-refractivity contribution < 1.29 is 9.53 Å². The summed E-state index contributed by atoms with van der Waals surface area (Å²) in [5.41, 5.74) is 2.08. The second kappa shape index (κ2) is 7.62. The van der Waals surface area contributed by atoms with Crippen molar-refractivity contribution in [3.05, 3.63) is 45.4 Å². The first-order valence-electron chi connectivity index (χ1n) is 8.33. The number of rotatable bonds is 5. The number of aryl methyl sites for hydroxylation is 1. The van der Waals surface area contributed by atoms with Gasteiger partial charge in [0.2, 0.25) is 5.91 Å². The molecule has 4 nitrogen and oxygen atoms in total. The summed E-state index contributed by atoms with van der Waals surface area (Å²) in [5.74, 6) is 0.860. The van der Waals surface area contributed by atoms with Crippen molar-refractivity contribution in [2.45, 2.75) is 32.1 Å². The molecule has 0 spiro atoms. The molecule has 0 fully saturated rings. The van der Waals surface area contributed by atoms with Crippen LogP contribution in [0.4, 0.5) is 0 Å². The third-order valence-electron chi connectivity index (χ3n) is 4.14. The molecule has 1 atom stereocenters. The zero-order valence-corrected chi connectivity index (χ0v) is 14.9. The van der Waals surface area contributed by atoms with Crippen LogP contribution in [-0.4, -0.2) is 24.5 Å². The lowest BCUT2D eigenvalue weighted by atomic mass is 9.90. The lowest BCUT2D eigenvalue weighted by molar-refractivity contribution is -0.122. The van der Waals surface area contributed by atoms with Crippen molar-refractivity contribution in [1.82, 2.24) is 10.3 Å². The molecule has 126 valence electrons. The van der Waals surface area contributed by atoms with Gasteiger partial charge in [0, 0.05) is 11.9 Å². The number of nitrogens with zero attached hydrogens (tertiary/aromatic N) is 1. The molecule has 1 amide bonds. The molecule has 0 saturated heterocycles. The summed E-state index contributed by atoms with van der Waals surface area (Å²) in [7, 11) is 1.69. The number of fused-ring (bicyclic) bond motifs is 1. The summed E-state index contributed by atoms with van der Waals surface area (Å²) >= 11 is 1.69. The Morgan fingerprint density at radius 2 is 2.17 bits per heavy atom. The first-order valence-corrected chi connectivity index (χ1v) is 9.15. The number of amides is 1. The zero-order chi connectivity index (χ0) is 16.9. The summed E-state index contributed by atoms with van der Waals surface area (Å²) in [6.07, 6.45) is 7.04. The van der Waals surface area contributed by atoms with E-state index in [-0.39, 0.29) is 11.8 Å². The average Bonchev–Trinajstić information content (AvgIpc) is 3.03. The predicted molar refractivity (Wildman–Crippen MR) is 98.4 cm³/mol. The highest BCUT2D eigenvalue weighted by Gasteiger charge is 2.29. The standard InChI is InChI=1S/C19H22N2O2S/c1-3-23-14-10-7-13(8-11-14)9-12-17-21-18-15(19(22)20-2)5-4-6-16(18)24-17/h7-12,15H,3-6H2,1-2H3,(H,20,22)/b12-9+. The van der Waals surface area contributed by atoms with Crippen LogP contribution in [0.5, 0.6) is 5.75 Å². The molecule has 0 aliphatic heterocycles. The van der Waals surface area contributed by atoms with E-state index in [0.717, 1.165) is 41.3 Å². The van der Waals surface area contributed by atoms with Gasteiger partial charge in [0.15, 0.2) is 0 Å². The highest BCUT2D eigenvalue weighted by Crippen LogP contribution is 2.35. The molecule has 0 bridgehead atoms. The minimum absolute atomic E-state index is 0.0725. The molecule has 0 radical (unpaired) electrons. The highest BCUT2D eigenvalue weighted by atomic mass is 32.1. The number of hydrogen-bond acceptors (Lipinski definition) is 4. The minimum atomic E-state index is -0.0948. The Labute approximate surface area is 146 Å². The monoisotopic (exact) mass is 342 g/mol. The first kappa shape index (κ1) is 16.7. The lowest BCUT2D eigenvalue weighted by Gasteiger charge is -2.19. The maximum absolute atomic E-state index is 12.0. The van der Waals surface area contributed by atoms with Gasteiger partial charge in [-0.05, 0) is 50.0 Å². The van der Waals surface area contributed by atoms with Crippen LogP contribution in [-0.2, 0) is 11.2 Å². The summed E-state index contributed by atoms with van der Waals surface area (Å²) in [6.45, 7) is 2.65. The zero-order valence-electron chi connectivity index (χ0n) is 14.0. The fourth-order valence-electron chi connectivity index (χ4n) is 2.95. The van der Waals surface area contributed by atoms with Crippen molar-refractivity contribution in [1.29, 1.82) is 0 Å². The highest BCUT2D eigenvalue weighted by molar-refractivity contribution is 7.12. The fourth-order valence-corrected chi connectivity index (χ4v) is 4.02. The number of benzene rings is 1. The summed E-state index contributed by atoms with van der Waals surface area (Å²) in [5, 5.41) is 3.72. The topological polar surface area (TPSA) is 51.2 Å². The second-order valence-corrected chi connectivity index (χ2v) is 6.87. The molecule has 2 aromatic rings. The van der Waals surface area contributed by atoms with E-state index >= 15 is 0 Å². The average molecular weight is 342 g/mol. The fraction of sp³-hybridized carbons (Fsp3) is 0.368. The number of hydrogen-bond donors (Lipinski definition) is 1. The molecule has 1 aliphatic rings. The van der Waals surface area contributed by atoms with E-state index in [1.807, 2.05) is 37.3 Å².